The molecule has 0 aliphatic heterocycles. The van der Waals surface area contributed by atoms with Crippen LogP contribution in [0.2, 0.25) is 0 Å². The van der Waals surface area contributed by atoms with Crippen LogP contribution in [0.25, 0.3) is 0 Å². The van der Waals surface area contributed by atoms with Crippen molar-refractivity contribution >= 4 is 38.9 Å². The number of anilines is 3. The normalized spacial score (nSPS) is 17.0. The van der Waals surface area contributed by atoms with Gasteiger partial charge < -0.3 is 10.6 Å². The summed E-state index contributed by atoms with van der Waals surface area (Å²) in [6.45, 7) is 3.63. The summed E-state index contributed by atoms with van der Waals surface area (Å²) in [5.74, 6) is -0.720. The Morgan fingerprint density at radius 1 is 0.941 bits per heavy atom. The SMILES string of the molecule is Cc1ccc(NC(=O)c2ccc(NC(=O)C3CC3C)cc2)cc1S(=O)(=O)Nc1ccccc1F. The lowest BCUT2D eigenvalue weighted by molar-refractivity contribution is -0.117. The molecule has 0 bridgehead atoms. The number of sulfonamides is 1. The van der Waals surface area contributed by atoms with Crippen molar-refractivity contribution in [2.24, 2.45) is 11.8 Å². The average molecular weight is 482 g/mol. The van der Waals surface area contributed by atoms with Gasteiger partial charge in [-0.1, -0.05) is 25.1 Å². The van der Waals surface area contributed by atoms with Gasteiger partial charge in [0, 0.05) is 22.9 Å². The number of halogens is 1. The lowest BCUT2D eigenvalue weighted by atomic mass is 10.1. The number of hydrogen-bond acceptors (Lipinski definition) is 4. The van der Waals surface area contributed by atoms with Crippen molar-refractivity contribution in [3.05, 3.63) is 83.7 Å². The Kier molecular flexibility index (Phi) is 6.39. The van der Waals surface area contributed by atoms with Crippen molar-refractivity contribution < 1.29 is 22.4 Å². The number of nitrogens with one attached hydrogen (secondary N) is 3. The monoisotopic (exact) mass is 481 g/mol. The van der Waals surface area contributed by atoms with E-state index >= 15 is 0 Å². The predicted octanol–water partition coefficient (Wildman–Crippen LogP) is 4.78. The first-order valence-electron chi connectivity index (χ1n) is 10.7. The van der Waals surface area contributed by atoms with Crippen molar-refractivity contribution in [3.63, 3.8) is 0 Å². The van der Waals surface area contributed by atoms with E-state index in [1.165, 1.54) is 24.3 Å². The van der Waals surface area contributed by atoms with Gasteiger partial charge in [0.05, 0.1) is 10.6 Å². The third-order valence-electron chi connectivity index (χ3n) is 5.71. The van der Waals surface area contributed by atoms with Crippen LogP contribution in [0.4, 0.5) is 21.5 Å². The van der Waals surface area contributed by atoms with Crippen LogP contribution in [0.1, 0.15) is 29.3 Å². The van der Waals surface area contributed by atoms with Gasteiger partial charge in [-0.3, -0.25) is 14.3 Å². The Bertz CT molecular complexity index is 1360. The van der Waals surface area contributed by atoms with Gasteiger partial charge in [0.2, 0.25) is 5.91 Å². The lowest BCUT2D eigenvalue weighted by Gasteiger charge is -2.13. The maximum atomic E-state index is 13.9. The molecule has 0 radical (unpaired) electrons. The molecule has 1 aliphatic rings. The molecule has 2 atom stereocenters. The summed E-state index contributed by atoms with van der Waals surface area (Å²) in [4.78, 5) is 24.6. The standard InChI is InChI=1S/C25H24FN3O4S/c1-15-7-10-19(14-23(15)34(32,33)29-22-6-4-3-5-21(22)26)28-24(30)17-8-11-18(12-9-17)27-25(31)20-13-16(20)2/h3-12,14,16,20,29H,13H2,1-2H3,(H,27,31)(H,28,30). The van der Waals surface area contributed by atoms with Crippen molar-refractivity contribution in [3.8, 4) is 0 Å². The molecule has 3 N–H and O–H groups in total. The molecule has 0 spiro atoms. The average Bonchev–Trinajstić information content (AvgIpc) is 3.53. The van der Waals surface area contributed by atoms with E-state index in [1.54, 1.807) is 43.3 Å². The molecule has 3 aromatic carbocycles. The smallest absolute Gasteiger partial charge is 0.262 e. The highest BCUT2D eigenvalue weighted by Gasteiger charge is 2.39. The molecule has 0 aromatic heterocycles. The first kappa shape index (κ1) is 23.4. The molecule has 1 aliphatic carbocycles. The van der Waals surface area contributed by atoms with Crippen molar-refractivity contribution in [1.29, 1.82) is 0 Å². The summed E-state index contributed by atoms with van der Waals surface area (Å²) >= 11 is 0. The van der Waals surface area contributed by atoms with Gasteiger partial charge in [-0.25, -0.2) is 12.8 Å². The largest absolute Gasteiger partial charge is 0.326 e. The van der Waals surface area contributed by atoms with E-state index in [0.717, 1.165) is 12.5 Å². The highest BCUT2D eigenvalue weighted by Crippen LogP contribution is 2.38. The first-order chi connectivity index (χ1) is 16.1. The van der Waals surface area contributed by atoms with Gasteiger partial charge in [0.15, 0.2) is 0 Å². The summed E-state index contributed by atoms with van der Waals surface area (Å²) in [5.41, 5.74) is 1.48. The fourth-order valence-electron chi connectivity index (χ4n) is 3.54. The number of hydrogen-bond donors (Lipinski definition) is 3. The van der Waals surface area contributed by atoms with Crippen LogP contribution in [0.5, 0.6) is 0 Å². The predicted molar refractivity (Wildman–Crippen MR) is 129 cm³/mol. The Balaban J connectivity index is 1.47. The van der Waals surface area contributed by atoms with Crippen molar-refractivity contribution in [1.82, 2.24) is 0 Å². The van der Waals surface area contributed by atoms with E-state index in [9.17, 15) is 22.4 Å². The van der Waals surface area contributed by atoms with E-state index in [-0.39, 0.29) is 28.1 Å². The third kappa shape index (κ3) is 5.26. The quantitative estimate of drug-likeness (QED) is 0.452. The number of amides is 2. The maximum Gasteiger partial charge on any atom is 0.262 e. The molecule has 7 nitrogen and oxygen atoms in total. The summed E-state index contributed by atoms with van der Waals surface area (Å²) in [5, 5.41) is 5.51. The van der Waals surface area contributed by atoms with E-state index in [0.29, 0.717) is 22.7 Å². The number of rotatable bonds is 7. The van der Waals surface area contributed by atoms with E-state index in [1.807, 2.05) is 6.92 Å². The number of aryl methyl sites for hydroxylation is 1. The van der Waals surface area contributed by atoms with Crippen LogP contribution in [-0.4, -0.2) is 20.2 Å². The Hall–Kier alpha value is -3.72. The zero-order chi connectivity index (χ0) is 24.5. The zero-order valence-corrected chi connectivity index (χ0v) is 19.4. The van der Waals surface area contributed by atoms with Gasteiger partial charge in [-0.05, 0) is 73.4 Å². The molecule has 34 heavy (non-hydrogen) atoms. The van der Waals surface area contributed by atoms with Crippen LogP contribution in [0.15, 0.2) is 71.6 Å². The topological polar surface area (TPSA) is 104 Å². The van der Waals surface area contributed by atoms with E-state index in [2.05, 4.69) is 15.4 Å². The Morgan fingerprint density at radius 3 is 2.24 bits per heavy atom. The molecule has 0 saturated heterocycles. The van der Waals surface area contributed by atoms with Crippen LogP contribution in [-0.2, 0) is 14.8 Å². The number of benzene rings is 3. The van der Waals surface area contributed by atoms with Gasteiger partial charge in [0.25, 0.3) is 15.9 Å². The minimum atomic E-state index is -4.09. The Morgan fingerprint density at radius 2 is 1.59 bits per heavy atom. The van der Waals surface area contributed by atoms with Crippen LogP contribution >= 0.6 is 0 Å². The zero-order valence-electron chi connectivity index (χ0n) is 18.6. The second-order valence-electron chi connectivity index (χ2n) is 8.41. The van der Waals surface area contributed by atoms with Crippen LogP contribution in [0.3, 0.4) is 0 Å². The second kappa shape index (κ2) is 9.26. The molecular weight excluding hydrogens is 457 g/mol. The second-order valence-corrected chi connectivity index (χ2v) is 10.1. The molecule has 176 valence electrons. The third-order valence-corrected chi connectivity index (χ3v) is 7.22. The molecule has 0 heterocycles. The number of carbonyl (C=O) groups is 2. The summed E-state index contributed by atoms with van der Waals surface area (Å²) in [7, 11) is -4.09. The van der Waals surface area contributed by atoms with Gasteiger partial charge in [-0.15, -0.1) is 0 Å². The molecule has 4 rings (SSSR count). The fourth-order valence-corrected chi connectivity index (χ4v) is 4.88. The van der Waals surface area contributed by atoms with Gasteiger partial charge in [0.1, 0.15) is 5.82 Å². The van der Waals surface area contributed by atoms with Gasteiger partial charge >= 0.3 is 0 Å². The summed E-state index contributed by atoms with van der Waals surface area (Å²) < 4.78 is 41.9. The summed E-state index contributed by atoms with van der Waals surface area (Å²) in [6.07, 6.45) is 0.885. The first-order valence-corrected chi connectivity index (χ1v) is 12.2. The molecule has 1 saturated carbocycles. The van der Waals surface area contributed by atoms with E-state index in [4.69, 9.17) is 0 Å². The molecule has 2 amide bonds. The maximum absolute atomic E-state index is 13.9. The highest BCUT2D eigenvalue weighted by atomic mass is 32.2. The molecule has 3 aromatic rings. The number of para-hydroxylation sites is 1. The molecular formula is C25H24FN3O4S. The summed E-state index contributed by atoms with van der Waals surface area (Å²) in [6, 6.07) is 16.4. The Labute approximate surface area is 197 Å². The highest BCUT2D eigenvalue weighted by molar-refractivity contribution is 7.92. The minimum absolute atomic E-state index is 0.0258. The van der Waals surface area contributed by atoms with Gasteiger partial charge in [-0.2, -0.15) is 0 Å². The van der Waals surface area contributed by atoms with Crippen LogP contribution < -0.4 is 15.4 Å². The molecule has 2 unspecified atom stereocenters. The van der Waals surface area contributed by atoms with Crippen molar-refractivity contribution in [2.45, 2.75) is 25.2 Å². The fraction of sp³-hybridized carbons (Fsp3) is 0.200. The number of carbonyl (C=O) groups excluding carboxylic acids is 2. The lowest BCUT2D eigenvalue weighted by Crippen LogP contribution is -2.17. The van der Waals surface area contributed by atoms with Crippen molar-refractivity contribution in [2.75, 3.05) is 15.4 Å². The molecule has 1 fully saturated rings. The van der Waals surface area contributed by atoms with E-state index < -0.39 is 21.7 Å². The molecule has 9 heteroatoms. The minimum Gasteiger partial charge on any atom is -0.326 e. The van der Waals surface area contributed by atoms with Crippen LogP contribution in [0, 0.1) is 24.6 Å².